The number of nitrogens with zero attached hydrogens (tertiary/aromatic N) is 1. The Kier molecular flexibility index (Phi) is 3.87. The summed E-state index contributed by atoms with van der Waals surface area (Å²) in [5, 5.41) is 19.8. The van der Waals surface area contributed by atoms with Gasteiger partial charge in [0.25, 0.3) is 0 Å². The fourth-order valence-electron chi connectivity index (χ4n) is 1.07. The molecule has 1 amide bonds. The van der Waals surface area contributed by atoms with Gasteiger partial charge in [0.1, 0.15) is 0 Å². The van der Waals surface area contributed by atoms with E-state index in [4.69, 9.17) is 5.11 Å². The van der Waals surface area contributed by atoms with E-state index in [1.165, 1.54) is 0 Å². The standard InChI is InChI=1S/C9H12N2O3/c12-8(6-11-9(13)14)4-7-2-1-3-10-5-7/h1-3,5,8,11-12H,4,6H2,(H,13,14). The van der Waals surface area contributed by atoms with Crippen molar-refractivity contribution in [3.63, 3.8) is 0 Å². The van der Waals surface area contributed by atoms with Crippen LogP contribution < -0.4 is 5.32 Å². The molecule has 0 bridgehead atoms. The van der Waals surface area contributed by atoms with E-state index in [9.17, 15) is 9.90 Å². The van der Waals surface area contributed by atoms with Crippen molar-refractivity contribution in [3.05, 3.63) is 30.1 Å². The van der Waals surface area contributed by atoms with Crippen molar-refractivity contribution in [1.29, 1.82) is 0 Å². The summed E-state index contributed by atoms with van der Waals surface area (Å²) in [5.74, 6) is 0. The van der Waals surface area contributed by atoms with Crippen molar-refractivity contribution in [2.24, 2.45) is 0 Å². The first-order valence-electron chi connectivity index (χ1n) is 4.22. The summed E-state index contributed by atoms with van der Waals surface area (Å²) in [5.41, 5.74) is 0.882. The van der Waals surface area contributed by atoms with Crippen LogP contribution in [0.25, 0.3) is 0 Å². The Morgan fingerprint density at radius 1 is 1.64 bits per heavy atom. The Balaban J connectivity index is 2.34. The largest absolute Gasteiger partial charge is 0.465 e. The number of aliphatic hydroxyl groups is 1. The maximum atomic E-state index is 10.1. The predicted octanol–water partition coefficient (Wildman–Crippen LogP) is 0.253. The zero-order valence-electron chi connectivity index (χ0n) is 7.55. The van der Waals surface area contributed by atoms with Crippen LogP contribution in [0.1, 0.15) is 5.56 Å². The molecule has 0 aliphatic carbocycles. The number of rotatable bonds is 4. The Morgan fingerprint density at radius 2 is 2.43 bits per heavy atom. The van der Waals surface area contributed by atoms with Gasteiger partial charge in [-0.25, -0.2) is 4.79 Å². The SMILES string of the molecule is O=C(O)NCC(O)Cc1cccnc1. The van der Waals surface area contributed by atoms with E-state index in [0.717, 1.165) is 5.56 Å². The first kappa shape index (κ1) is 10.5. The van der Waals surface area contributed by atoms with Gasteiger partial charge < -0.3 is 15.5 Å². The minimum absolute atomic E-state index is 0.0320. The van der Waals surface area contributed by atoms with Crippen molar-refractivity contribution < 1.29 is 15.0 Å². The lowest BCUT2D eigenvalue weighted by molar-refractivity contribution is 0.157. The summed E-state index contributed by atoms with van der Waals surface area (Å²) in [4.78, 5) is 14.0. The van der Waals surface area contributed by atoms with Crippen LogP contribution in [0.15, 0.2) is 24.5 Å². The minimum Gasteiger partial charge on any atom is -0.465 e. The van der Waals surface area contributed by atoms with Crippen LogP contribution in [-0.2, 0) is 6.42 Å². The fraction of sp³-hybridized carbons (Fsp3) is 0.333. The van der Waals surface area contributed by atoms with Crippen LogP contribution in [-0.4, -0.2) is 33.9 Å². The van der Waals surface area contributed by atoms with E-state index in [-0.39, 0.29) is 6.54 Å². The van der Waals surface area contributed by atoms with Crippen LogP contribution >= 0.6 is 0 Å². The number of hydrogen-bond acceptors (Lipinski definition) is 3. The normalized spacial score (nSPS) is 12.1. The van der Waals surface area contributed by atoms with E-state index in [2.05, 4.69) is 10.3 Å². The molecule has 0 aliphatic rings. The molecule has 0 saturated heterocycles. The Hall–Kier alpha value is -1.62. The lowest BCUT2D eigenvalue weighted by atomic mass is 10.1. The zero-order valence-corrected chi connectivity index (χ0v) is 7.55. The van der Waals surface area contributed by atoms with E-state index in [0.29, 0.717) is 6.42 Å². The van der Waals surface area contributed by atoms with Crippen LogP contribution in [0, 0.1) is 0 Å². The molecule has 0 spiro atoms. The Labute approximate surface area is 81.4 Å². The molecule has 76 valence electrons. The van der Waals surface area contributed by atoms with Crippen LogP contribution in [0.5, 0.6) is 0 Å². The number of amides is 1. The third-order valence-electron chi connectivity index (χ3n) is 1.68. The van der Waals surface area contributed by atoms with E-state index < -0.39 is 12.2 Å². The highest BCUT2D eigenvalue weighted by Crippen LogP contribution is 2.00. The van der Waals surface area contributed by atoms with E-state index in [1.807, 2.05) is 6.07 Å². The summed E-state index contributed by atoms with van der Waals surface area (Å²) in [6.07, 6.45) is 1.84. The molecule has 1 aromatic heterocycles. The molecule has 5 heteroatoms. The van der Waals surface area contributed by atoms with E-state index in [1.54, 1.807) is 18.5 Å². The summed E-state index contributed by atoms with van der Waals surface area (Å²) in [6.45, 7) is 0.0320. The number of pyridine rings is 1. The maximum Gasteiger partial charge on any atom is 0.404 e. The number of hydrogen-bond donors (Lipinski definition) is 3. The number of aliphatic hydroxyl groups excluding tert-OH is 1. The average molecular weight is 196 g/mol. The van der Waals surface area contributed by atoms with Gasteiger partial charge in [-0.15, -0.1) is 0 Å². The van der Waals surface area contributed by atoms with Crippen molar-refractivity contribution >= 4 is 6.09 Å². The second-order valence-electron chi connectivity index (χ2n) is 2.91. The summed E-state index contributed by atoms with van der Waals surface area (Å²) < 4.78 is 0. The van der Waals surface area contributed by atoms with Gasteiger partial charge in [-0.05, 0) is 11.6 Å². The van der Waals surface area contributed by atoms with Crippen molar-refractivity contribution in [2.45, 2.75) is 12.5 Å². The molecular formula is C9H12N2O3. The maximum absolute atomic E-state index is 10.1. The molecule has 14 heavy (non-hydrogen) atoms. The average Bonchev–Trinajstić information content (AvgIpc) is 2.16. The number of nitrogens with one attached hydrogen (secondary N) is 1. The molecule has 0 saturated carbocycles. The molecule has 1 atom stereocenters. The van der Waals surface area contributed by atoms with Gasteiger partial charge >= 0.3 is 6.09 Å². The second kappa shape index (κ2) is 5.18. The third-order valence-corrected chi connectivity index (χ3v) is 1.68. The summed E-state index contributed by atoms with van der Waals surface area (Å²) in [6, 6.07) is 3.60. The van der Waals surface area contributed by atoms with Crippen molar-refractivity contribution in [2.75, 3.05) is 6.54 Å². The molecule has 0 aliphatic heterocycles. The lowest BCUT2D eigenvalue weighted by Crippen LogP contribution is -2.31. The number of carbonyl (C=O) groups is 1. The van der Waals surface area contributed by atoms with Gasteiger partial charge in [-0.3, -0.25) is 4.98 Å². The molecular weight excluding hydrogens is 184 g/mol. The number of carboxylic acid groups (broad SMARTS) is 1. The third kappa shape index (κ3) is 3.86. The van der Waals surface area contributed by atoms with Crippen LogP contribution in [0.4, 0.5) is 4.79 Å². The van der Waals surface area contributed by atoms with Crippen molar-refractivity contribution in [3.8, 4) is 0 Å². The lowest BCUT2D eigenvalue weighted by Gasteiger charge is -2.09. The molecule has 3 N–H and O–H groups in total. The fourth-order valence-corrected chi connectivity index (χ4v) is 1.07. The zero-order chi connectivity index (χ0) is 10.4. The van der Waals surface area contributed by atoms with Crippen molar-refractivity contribution in [1.82, 2.24) is 10.3 Å². The molecule has 1 rings (SSSR count). The quantitative estimate of drug-likeness (QED) is 0.644. The molecule has 1 heterocycles. The van der Waals surface area contributed by atoms with Crippen LogP contribution in [0.3, 0.4) is 0 Å². The first-order chi connectivity index (χ1) is 6.68. The van der Waals surface area contributed by atoms with Gasteiger partial charge in [0, 0.05) is 25.4 Å². The van der Waals surface area contributed by atoms with Crippen LogP contribution in [0.2, 0.25) is 0 Å². The summed E-state index contributed by atoms with van der Waals surface area (Å²) in [7, 11) is 0. The van der Waals surface area contributed by atoms with Gasteiger partial charge in [0.15, 0.2) is 0 Å². The molecule has 0 radical (unpaired) electrons. The van der Waals surface area contributed by atoms with Gasteiger partial charge in [0.05, 0.1) is 6.10 Å². The Bertz CT molecular complexity index is 289. The Morgan fingerprint density at radius 3 is 3.00 bits per heavy atom. The highest BCUT2D eigenvalue weighted by atomic mass is 16.4. The highest BCUT2D eigenvalue weighted by Gasteiger charge is 2.06. The van der Waals surface area contributed by atoms with Gasteiger partial charge in [-0.2, -0.15) is 0 Å². The molecule has 5 nitrogen and oxygen atoms in total. The van der Waals surface area contributed by atoms with E-state index >= 15 is 0 Å². The second-order valence-corrected chi connectivity index (χ2v) is 2.91. The number of aromatic nitrogens is 1. The monoisotopic (exact) mass is 196 g/mol. The molecule has 1 aromatic rings. The highest BCUT2D eigenvalue weighted by molar-refractivity contribution is 5.64. The first-order valence-corrected chi connectivity index (χ1v) is 4.22. The topological polar surface area (TPSA) is 82.5 Å². The smallest absolute Gasteiger partial charge is 0.404 e. The molecule has 1 unspecified atom stereocenters. The summed E-state index contributed by atoms with van der Waals surface area (Å²) >= 11 is 0. The predicted molar refractivity (Wildman–Crippen MR) is 50.0 cm³/mol. The molecule has 0 aromatic carbocycles. The van der Waals surface area contributed by atoms with Gasteiger partial charge in [-0.1, -0.05) is 6.07 Å². The molecule has 0 fully saturated rings. The minimum atomic E-state index is -1.13. The van der Waals surface area contributed by atoms with Gasteiger partial charge in [0.2, 0.25) is 0 Å².